The fraction of sp³-hybridized carbons (Fsp3) is 0.500. The number of benzene rings is 1. The van der Waals surface area contributed by atoms with E-state index in [1.54, 1.807) is 0 Å². The van der Waals surface area contributed by atoms with Gasteiger partial charge < -0.3 is 21.1 Å². The molecule has 136 valence electrons. The molecule has 0 spiro atoms. The number of urea groups is 1. The first-order chi connectivity index (χ1) is 11.9. The minimum absolute atomic E-state index is 0.0853. The van der Waals surface area contributed by atoms with Crippen LogP contribution in [0.15, 0.2) is 30.3 Å². The number of hydrogen-bond donors (Lipinski definition) is 4. The summed E-state index contributed by atoms with van der Waals surface area (Å²) in [5.74, 6) is -1.58. The van der Waals surface area contributed by atoms with Crippen LogP contribution in [0.5, 0.6) is 0 Å². The van der Waals surface area contributed by atoms with Crippen molar-refractivity contribution in [2.75, 3.05) is 0 Å². The van der Waals surface area contributed by atoms with Crippen LogP contribution in [-0.4, -0.2) is 35.1 Å². The Morgan fingerprint density at radius 2 is 1.80 bits per heavy atom. The molecule has 0 saturated heterocycles. The van der Waals surface area contributed by atoms with Gasteiger partial charge in [-0.2, -0.15) is 0 Å². The lowest BCUT2D eigenvalue weighted by Gasteiger charge is -2.34. The third-order valence-electron chi connectivity index (χ3n) is 4.37. The number of aliphatic carboxylic acids is 1. The predicted molar refractivity (Wildman–Crippen MR) is 92.7 cm³/mol. The van der Waals surface area contributed by atoms with Crippen LogP contribution in [0.1, 0.15) is 32.3 Å². The van der Waals surface area contributed by atoms with Gasteiger partial charge in [0, 0.05) is 12.6 Å². The average Bonchev–Trinajstić information content (AvgIpc) is 2.53. The lowest BCUT2D eigenvalue weighted by Crippen LogP contribution is -2.56. The molecule has 0 bridgehead atoms. The van der Waals surface area contributed by atoms with Crippen molar-refractivity contribution < 1.29 is 19.5 Å². The Balaban J connectivity index is 1.80. The molecule has 7 heteroatoms. The number of amides is 3. The van der Waals surface area contributed by atoms with Gasteiger partial charge in [-0.3, -0.25) is 9.59 Å². The maximum absolute atomic E-state index is 12.4. The Hall–Kier alpha value is -2.57. The normalized spacial score (nSPS) is 20.3. The molecular formula is C18H25N3O4. The van der Waals surface area contributed by atoms with Crippen molar-refractivity contribution in [3.05, 3.63) is 35.9 Å². The molecule has 1 aromatic carbocycles. The van der Waals surface area contributed by atoms with E-state index in [0.717, 1.165) is 5.56 Å². The van der Waals surface area contributed by atoms with Crippen LogP contribution < -0.4 is 16.0 Å². The first-order valence-corrected chi connectivity index (χ1v) is 8.48. The van der Waals surface area contributed by atoms with Crippen LogP contribution in [0.4, 0.5) is 4.79 Å². The van der Waals surface area contributed by atoms with Crippen molar-refractivity contribution in [1.82, 2.24) is 16.0 Å². The third-order valence-corrected chi connectivity index (χ3v) is 4.37. The molecule has 7 nitrogen and oxygen atoms in total. The molecule has 1 aromatic rings. The second kappa shape index (κ2) is 8.50. The molecule has 3 amide bonds. The number of carboxylic acid groups (broad SMARTS) is 1. The van der Waals surface area contributed by atoms with Gasteiger partial charge in [0.15, 0.2) is 0 Å². The largest absolute Gasteiger partial charge is 0.481 e. The second-order valence-electron chi connectivity index (χ2n) is 6.75. The summed E-state index contributed by atoms with van der Waals surface area (Å²) in [5.41, 5.74) is 0.970. The summed E-state index contributed by atoms with van der Waals surface area (Å²) < 4.78 is 0. The van der Waals surface area contributed by atoms with E-state index >= 15 is 0 Å². The molecule has 1 aliphatic rings. The number of nitrogens with one attached hydrogen (secondary N) is 3. The molecule has 2 rings (SSSR count). The van der Waals surface area contributed by atoms with E-state index in [9.17, 15) is 14.4 Å². The molecule has 0 radical (unpaired) electrons. The van der Waals surface area contributed by atoms with Crippen molar-refractivity contribution in [1.29, 1.82) is 0 Å². The lowest BCUT2D eigenvalue weighted by atomic mass is 9.80. The van der Waals surface area contributed by atoms with E-state index in [1.807, 2.05) is 44.2 Å². The summed E-state index contributed by atoms with van der Waals surface area (Å²) in [4.78, 5) is 35.3. The molecule has 1 unspecified atom stereocenters. The summed E-state index contributed by atoms with van der Waals surface area (Å²) in [6.45, 7) is 4.08. The van der Waals surface area contributed by atoms with Gasteiger partial charge in [0.2, 0.25) is 5.91 Å². The summed E-state index contributed by atoms with van der Waals surface area (Å²) in [6, 6.07) is 8.28. The highest BCUT2D eigenvalue weighted by Crippen LogP contribution is 2.27. The highest BCUT2D eigenvalue weighted by atomic mass is 16.4. The number of hydrogen-bond acceptors (Lipinski definition) is 3. The summed E-state index contributed by atoms with van der Waals surface area (Å²) in [7, 11) is 0. The fourth-order valence-corrected chi connectivity index (χ4v) is 2.73. The van der Waals surface area contributed by atoms with Crippen molar-refractivity contribution in [3.63, 3.8) is 0 Å². The first kappa shape index (κ1) is 18.8. The predicted octanol–water partition coefficient (Wildman–Crippen LogP) is 1.49. The van der Waals surface area contributed by atoms with E-state index in [1.165, 1.54) is 0 Å². The molecule has 25 heavy (non-hydrogen) atoms. The van der Waals surface area contributed by atoms with Gasteiger partial charge in [-0.25, -0.2) is 4.79 Å². The molecule has 1 saturated carbocycles. The maximum atomic E-state index is 12.4. The smallest absolute Gasteiger partial charge is 0.315 e. The standard InChI is InChI=1S/C18H25N3O4/c1-11(2)15(16(22)20-14-8-13(9-14)17(23)24)21-18(25)19-10-12-6-4-3-5-7-12/h3-7,11,13-15H,8-10H2,1-2H3,(H,20,22)(H,23,24)(H2,19,21,25). The van der Waals surface area contributed by atoms with Crippen LogP contribution in [-0.2, 0) is 16.1 Å². The number of carbonyl (C=O) groups excluding carboxylic acids is 2. The van der Waals surface area contributed by atoms with Crippen LogP contribution in [0.2, 0.25) is 0 Å². The van der Waals surface area contributed by atoms with E-state index in [0.29, 0.717) is 19.4 Å². The van der Waals surface area contributed by atoms with Gasteiger partial charge in [0.05, 0.1) is 5.92 Å². The minimum atomic E-state index is -0.829. The molecule has 4 N–H and O–H groups in total. The lowest BCUT2D eigenvalue weighted by molar-refractivity contribution is -0.146. The van der Waals surface area contributed by atoms with E-state index < -0.39 is 18.0 Å². The zero-order chi connectivity index (χ0) is 18.4. The Morgan fingerprint density at radius 1 is 1.16 bits per heavy atom. The Labute approximate surface area is 147 Å². The van der Waals surface area contributed by atoms with E-state index in [2.05, 4.69) is 16.0 Å². The first-order valence-electron chi connectivity index (χ1n) is 8.48. The maximum Gasteiger partial charge on any atom is 0.315 e. The van der Waals surface area contributed by atoms with Gasteiger partial charge >= 0.3 is 12.0 Å². The van der Waals surface area contributed by atoms with E-state index in [4.69, 9.17) is 5.11 Å². The molecule has 1 aliphatic carbocycles. The van der Waals surface area contributed by atoms with Gasteiger partial charge in [0.25, 0.3) is 0 Å². The highest BCUT2D eigenvalue weighted by Gasteiger charge is 2.37. The Morgan fingerprint density at radius 3 is 2.36 bits per heavy atom. The average molecular weight is 347 g/mol. The Kier molecular flexibility index (Phi) is 6.38. The molecular weight excluding hydrogens is 322 g/mol. The van der Waals surface area contributed by atoms with Gasteiger partial charge in [-0.1, -0.05) is 44.2 Å². The fourth-order valence-electron chi connectivity index (χ4n) is 2.73. The van der Waals surface area contributed by atoms with Crippen molar-refractivity contribution in [2.24, 2.45) is 11.8 Å². The number of carbonyl (C=O) groups is 3. The molecule has 0 heterocycles. The molecule has 0 aromatic heterocycles. The van der Waals surface area contributed by atoms with Crippen molar-refractivity contribution >= 4 is 17.9 Å². The number of rotatable bonds is 7. The van der Waals surface area contributed by atoms with Gasteiger partial charge in [-0.05, 0) is 24.3 Å². The topological polar surface area (TPSA) is 108 Å². The Bertz CT molecular complexity index is 612. The zero-order valence-electron chi connectivity index (χ0n) is 14.5. The quantitative estimate of drug-likeness (QED) is 0.599. The van der Waals surface area contributed by atoms with Crippen molar-refractivity contribution in [2.45, 2.75) is 45.3 Å². The molecule has 1 fully saturated rings. The SMILES string of the molecule is CC(C)C(NC(=O)NCc1ccccc1)C(=O)NC1CC(C(=O)O)C1. The molecule has 1 atom stereocenters. The third kappa shape index (κ3) is 5.48. The molecule has 0 aliphatic heterocycles. The van der Waals surface area contributed by atoms with Gasteiger partial charge in [-0.15, -0.1) is 0 Å². The van der Waals surface area contributed by atoms with Gasteiger partial charge in [0.1, 0.15) is 6.04 Å². The van der Waals surface area contributed by atoms with Crippen LogP contribution in [0, 0.1) is 11.8 Å². The van der Waals surface area contributed by atoms with Crippen molar-refractivity contribution in [3.8, 4) is 0 Å². The van der Waals surface area contributed by atoms with Crippen LogP contribution in [0.3, 0.4) is 0 Å². The van der Waals surface area contributed by atoms with Crippen LogP contribution in [0.25, 0.3) is 0 Å². The summed E-state index contributed by atoms with van der Waals surface area (Å²) >= 11 is 0. The summed E-state index contributed by atoms with van der Waals surface area (Å²) in [6.07, 6.45) is 0.873. The highest BCUT2D eigenvalue weighted by molar-refractivity contribution is 5.87. The second-order valence-corrected chi connectivity index (χ2v) is 6.75. The minimum Gasteiger partial charge on any atom is -0.481 e. The summed E-state index contributed by atoms with van der Waals surface area (Å²) in [5, 5.41) is 17.1. The van der Waals surface area contributed by atoms with Crippen LogP contribution >= 0.6 is 0 Å². The van der Waals surface area contributed by atoms with E-state index in [-0.39, 0.29) is 23.8 Å². The monoisotopic (exact) mass is 347 g/mol. The number of carboxylic acids is 1. The zero-order valence-corrected chi connectivity index (χ0v) is 14.5.